The monoisotopic (exact) mass is 476 g/mol. The number of hydrogen-bond donors (Lipinski definition) is 3. The summed E-state index contributed by atoms with van der Waals surface area (Å²) in [7, 11) is 0. The zero-order valence-corrected chi connectivity index (χ0v) is 20.7. The van der Waals surface area contributed by atoms with Crippen LogP contribution in [0.4, 0.5) is 22.3 Å². The fourth-order valence-electron chi connectivity index (χ4n) is 5.56. The lowest BCUT2D eigenvalue weighted by Crippen LogP contribution is -2.62. The lowest BCUT2D eigenvalue weighted by Gasteiger charge is -2.48. The summed E-state index contributed by atoms with van der Waals surface area (Å²) in [5.74, 6) is 0.190. The van der Waals surface area contributed by atoms with Gasteiger partial charge >= 0.3 is 0 Å². The number of likely N-dealkylation sites (tertiary alicyclic amines) is 1. The van der Waals surface area contributed by atoms with Crippen LogP contribution in [-0.2, 0) is 0 Å². The average Bonchev–Trinajstić information content (AvgIpc) is 3.25. The number of carbonyl (C=O) groups is 1. The van der Waals surface area contributed by atoms with Gasteiger partial charge in [-0.25, -0.2) is 4.98 Å². The number of thiazole rings is 1. The molecule has 34 heavy (non-hydrogen) atoms. The van der Waals surface area contributed by atoms with Crippen LogP contribution in [0.1, 0.15) is 52.9 Å². The minimum absolute atomic E-state index is 0.0862. The number of piperidine rings is 2. The molecule has 4 N–H and O–H groups in total. The fourth-order valence-corrected chi connectivity index (χ4v) is 6.43. The quantitative estimate of drug-likeness (QED) is 0.334. The van der Waals surface area contributed by atoms with E-state index in [4.69, 9.17) is 5.73 Å². The molecule has 0 saturated carbocycles. The number of nitrogens with two attached hydrogens (primary N) is 1. The lowest BCUT2D eigenvalue weighted by atomic mass is 9.95. The molecule has 0 atom stereocenters. The molecule has 0 unspecified atom stereocenters. The molecule has 0 amide bonds. The van der Waals surface area contributed by atoms with Crippen LogP contribution in [0.25, 0.3) is 0 Å². The van der Waals surface area contributed by atoms with Crippen molar-refractivity contribution in [3.63, 3.8) is 0 Å². The second-order valence-corrected chi connectivity index (χ2v) is 10.6. The maximum Gasteiger partial charge on any atom is 0.206 e. The van der Waals surface area contributed by atoms with Crippen LogP contribution >= 0.6 is 11.3 Å². The Morgan fingerprint density at radius 1 is 1.03 bits per heavy atom. The highest BCUT2D eigenvalue weighted by Crippen LogP contribution is 2.36. The Morgan fingerprint density at radius 3 is 2.38 bits per heavy atom. The van der Waals surface area contributed by atoms with Crippen molar-refractivity contribution in [2.75, 3.05) is 37.2 Å². The molecule has 5 rings (SSSR count). The van der Waals surface area contributed by atoms with Gasteiger partial charge in [-0.3, -0.25) is 9.28 Å². The van der Waals surface area contributed by atoms with Crippen LogP contribution in [-0.4, -0.2) is 43.0 Å². The highest BCUT2D eigenvalue weighted by Gasteiger charge is 2.40. The molecule has 2 aliphatic rings. The summed E-state index contributed by atoms with van der Waals surface area (Å²) in [6.07, 6.45) is 6.45. The van der Waals surface area contributed by atoms with E-state index in [2.05, 4.69) is 39.9 Å². The average molecular weight is 477 g/mol. The SMILES string of the molecule is Cc1ccc(C(=O)c2sc(Nc3ccc([N+]4(C5CCNCC5)CCCCC4)cc3)nc2N)cc1. The number of nitrogens with one attached hydrogen (secondary N) is 2. The standard InChI is InChI=1S/C27H33N5OS/c1-19-5-7-20(8-6-19)24(33)25-26(28)31-27(34-25)30-21-9-11-22(12-10-21)32(17-3-2-4-18-32)23-13-15-29-16-14-23/h5-12,23,29H,2-4,13-18H2,1H3,(H2-,28,30,31,33)/p+1. The summed E-state index contributed by atoms with van der Waals surface area (Å²) in [4.78, 5) is 17.8. The third-order valence-corrected chi connectivity index (χ3v) is 8.41. The second kappa shape index (κ2) is 9.86. The molecule has 2 saturated heterocycles. The number of nitrogen functional groups attached to an aromatic ring is 1. The Bertz CT molecular complexity index is 1130. The van der Waals surface area contributed by atoms with E-state index in [1.807, 2.05) is 31.2 Å². The fraction of sp³-hybridized carbons (Fsp3) is 0.407. The summed E-state index contributed by atoms with van der Waals surface area (Å²) in [5, 5.41) is 7.53. The first-order chi connectivity index (χ1) is 16.5. The van der Waals surface area contributed by atoms with Crippen molar-refractivity contribution >= 4 is 39.4 Å². The van der Waals surface area contributed by atoms with Gasteiger partial charge in [-0.05, 0) is 38.3 Å². The Morgan fingerprint density at radius 2 is 1.71 bits per heavy atom. The lowest BCUT2D eigenvalue weighted by molar-refractivity contribution is 0.104. The van der Waals surface area contributed by atoms with Gasteiger partial charge in [0.2, 0.25) is 5.78 Å². The van der Waals surface area contributed by atoms with Gasteiger partial charge in [0.1, 0.15) is 16.4 Å². The number of anilines is 3. The van der Waals surface area contributed by atoms with Gasteiger partial charge in [0, 0.05) is 49.3 Å². The van der Waals surface area contributed by atoms with E-state index in [9.17, 15) is 4.79 Å². The van der Waals surface area contributed by atoms with Crippen molar-refractivity contribution in [3.05, 3.63) is 64.5 Å². The number of carbonyl (C=O) groups excluding carboxylic acids is 1. The molecule has 2 fully saturated rings. The zero-order valence-electron chi connectivity index (χ0n) is 19.8. The molecular weight excluding hydrogens is 442 g/mol. The van der Waals surface area contributed by atoms with Gasteiger partial charge < -0.3 is 16.4 Å². The third kappa shape index (κ3) is 4.60. The van der Waals surface area contributed by atoms with Gasteiger partial charge in [-0.15, -0.1) is 0 Å². The van der Waals surface area contributed by atoms with E-state index < -0.39 is 0 Å². The van der Waals surface area contributed by atoms with Crippen LogP contribution in [0.2, 0.25) is 0 Å². The van der Waals surface area contributed by atoms with Crippen molar-refractivity contribution in [3.8, 4) is 0 Å². The van der Waals surface area contributed by atoms with Gasteiger partial charge in [-0.2, -0.15) is 0 Å². The number of hydrogen-bond acceptors (Lipinski definition) is 6. The predicted molar refractivity (Wildman–Crippen MR) is 142 cm³/mol. The Kier molecular flexibility index (Phi) is 6.68. The summed E-state index contributed by atoms with van der Waals surface area (Å²) in [6, 6.07) is 17.1. The third-order valence-electron chi connectivity index (χ3n) is 7.43. The molecule has 2 aliphatic heterocycles. The normalized spacial score (nSPS) is 18.5. The second-order valence-electron chi connectivity index (χ2n) is 9.62. The molecule has 1 aromatic heterocycles. The van der Waals surface area contributed by atoms with E-state index in [1.54, 1.807) is 0 Å². The van der Waals surface area contributed by atoms with E-state index >= 15 is 0 Å². The first-order valence-electron chi connectivity index (χ1n) is 12.4. The number of rotatable bonds is 6. The molecule has 7 heteroatoms. The molecule has 3 aromatic rings. The van der Waals surface area contributed by atoms with Gasteiger partial charge in [0.15, 0.2) is 5.13 Å². The smallest absolute Gasteiger partial charge is 0.206 e. The molecule has 0 bridgehead atoms. The molecular formula is C27H34N5OS+. The molecule has 178 valence electrons. The van der Waals surface area contributed by atoms with Crippen LogP contribution in [0.15, 0.2) is 48.5 Å². The molecule has 0 spiro atoms. The number of nitrogens with zero attached hydrogens (tertiary/aromatic N) is 2. The first kappa shape index (κ1) is 23.0. The van der Waals surface area contributed by atoms with Crippen molar-refractivity contribution in [1.82, 2.24) is 14.8 Å². The van der Waals surface area contributed by atoms with Crippen molar-refractivity contribution < 1.29 is 4.79 Å². The Labute approximate surface area is 205 Å². The van der Waals surface area contributed by atoms with E-state index in [1.165, 1.54) is 62.2 Å². The topological polar surface area (TPSA) is 80.0 Å². The van der Waals surface area contributed by atoms with Crippen LogP contribution < -0.4 is 20.9 Å². The van der Waals surface area contributed by atoms with Crippen LogP contribution in [0, 0.1) is 6.92 Å². The van der Waals surface area contributed by atoms with Crippen molar-refractivity contribution in [1.29, 1.82) is 0 Å². The largest absolute Gasteiger partial charge is 0.382 e. The molecule has 0 radical (unpaired) electrons. The molecule has 6 nitrogen and oxygen atoms in total. The minimum Gasteiger partial charge on any atom is -0.382 e. The van der Waals surface area contributed by atoms with E-state index in [0.29, 0.717) is 21.6 Å². The molecule has 2 aromatic carbocycles. The number of benzene rings is 2. The van der Waals surface area contributed by atoms with E-state index in [-0.39, 0.29) is 11.6 Å². The van der Waals surface area contributed by atoms with Gasteiger partial charge in [0.05, 0.1) is 19.1 Å². The van der Waals surface area contributed by atoms with Crippen LogP contribution in [0.3, 0.4) is 0 Å². The minimum atomic E-state index is -0.0862. The first-order valence-corrected chi connectivity index (χ1v) is 13.2. The number of aryl methyl sites for hydroxylation is 1. The van der Waals surface area contributed by atoms with E-state index in [0.717, 1.165) is 28.8 Å². The predicted octanol–water partition coefficient (Wildman–Crippen LogP) is 5.25. The maximum atomic E-state index is 12.9. The van der Waals surface area contributed by atoms with Crippen molar-refractivity contribution in [2.24, 2.45) is 0 Å². The number of aromatic nitrogens is 1. The highest BCUT2D eigenvalue weighted by molar-refractivity contribution is 7.18. The maximum absolute atomic E-state index is 12.9. The Balaban J connectivity index is 1.33. The summed E-state index contributed by atoms with van der Waals surface area (Å²) in [6.45, 7) is 6.73. The van der Waals surface area contributed by atoms with Crippen molar-refractivity contribution in [2.45, 2.75) is 45.1 Å². The zero-order chi connectivity index (χ0) is 23.5. The summed E-state index contributed by atoms with van der Waals surface area (Å²) < 4.78 is 1.13. The van der Waals surface area contributed by atoms with Gasteiger partial charge in [0.25, 0.3) is 0 Å². The molecule has 3 heterocycles. The summed E-state index contributed by atoms with van der Waals surface area (Å²) in [5.41, 5.74) is 10.3. The van der Waals surface area contributed by atoms with Crippen LogP contribution in [0.5, 0.6) is 0 Å². The highest BCUT2D eigenvalue weighted by atomic mass is 32.1. The molecule has 0 aliphatic carbocycles. The number of quaternary nitrogens is 1. The van der Waals surface area contributed by atoms with Gasteiger partial charge in [-0.1, -0.05) is 41.2 Å². The summed E-state index contributed by atoms with van der Waals surface area (Å²) >= 11 is 1.31. The number of ketones is 1. The Hall–Kier alpha value is -2.74.